The SMILES string of the molecule is Cl.O=C(NCCC1CCNC1)c1cc(N2CCNC2=O)ccc1F. The van der Waals surface area contributed by atoms with Crippen LogP contribution in [0.15, 0.2) is 18.2 Å². The van der Waals surface area contributed by atoms with Gasteiger partial charge in [0.2, 0.25) is 0 Å². The highest BCUT2D eigenvalue weighted by atomic mass is 35.5. The van der Waals surface area contributed by atoms with Gasteiger partial charge in [0.25, 0.3) is 5.91 Å². The summed E-state index contributed by atoms with van der Waals surface area (Å²) in [4.78, 5) is 25.4. The molecule has 1 aromatic rings. The number of benzene rings is 1. The predicted octanol–water partition coefficient (Wildman–Crippen LogP) is 1.51. The van der Waals surface area contributed by atoms with Crippen molar-refractivity contribution in [2.45, 2.75) is 12.8 Å². The van der Waals surface area contributed by atoms with Gasteiger partial charge in [-0.05, 0) is 50.0 Å². The Labute approximate surface area is 146 Å². The molecule has 0 spiro atoms. The molecule has 3 N–H and O–H groups in total. The van der Waals surface area contributed by atoms with E-state index < -0.39 is 11.7 Å². The quantitative estimate of drug-likeness (QED) is 0.748. The van der Waals surface area contributed by atoms with E-state index in [1.54, 1.807) is 0 Å². The Morgan fingerprint density at radius 3 is 2.88 bits per heavy atom. The third-order valence-corrected chi connectivity index (χ3v) is 4.36. The van der Waals surface area contributed by atoms with Gasteiger partial charge in [-0.2, -0.15) is 0 Å². The summed E-state index contributed by atoms with van der Waals surface area (Å²) in [6, 6.07) is 3.96. The number of nitrogens with zero attached hydrogens (tertiary/aromatic N) is 1. The fourth-order valence-electron chi connectivity index (χ4n) is 3.02. The average Bonchev–Trinajstić information content (AvgIpc) is 3.19. The number of carbonyl (C=O) groups is 2. The monoisotopic (exact) mass is 356 g/mol. The lowest BCUT2D eigenvalue weighted by molar-refractivity contribution is 0.0947. The molecule has 1 unspecified atom stereocenters. The molecule has 3 amide bonds. The number of hydrogen-bond donors (Lipinski definition) is 3. The van der Waals surface area contributed by atoms with Crippen molar-refractivity contribution in [1.82, 2.24) is 16.0 Å². The van der Waals surface area contributed by atoms with Crippen molar-refractivity contribution in [2.75, 3.05) is 37.6 Å². The van der Waals surface area contributed by atoms with Gasteiger partial charge in [-0.3, -0.25) is 9.69 Å². The van der Waals surface area contributed by atoms with Crippen molar-refractivity contribution >= 4 is 30.0 Å². The van der Waals surface area contributed by atoms with Crippen LogP contribution in [0.3, 0.4) is 0 Å². The number of rotatable bonds is 5. The predicted molar refractivity (Wildman–Crippen MR) is 92.3 cm³/mol. The molecule has 0 saturated carbocycles. The zero-order valence-corrected chi connectivity index (χ0v) is 14.1. The molecule has 0 aromatic heterocycles. The zero-order chi connectivity index (χ0) is 16.2. The van der Waals surface area contributed by atoms with E-state index in [0.29, 0.717) is 31.2 Å². The van der Waals surface area contributed by atoms with Crippen molar-refractivity contribution in [3.8, 4) is 0 Å². The summed E-state index contributed by atoms with van der Waals surface area (Å²) >= 11 is 0. The molecule has 6 nitrogen and oxygen atoms in total. The lowest BCUT2D eigenvalue weighted by atomic mass is 10.1. The summed E-state index contributed by atoms with van der Waals surface area (Å²) in [7, 11) is 0. The average molecular weight is 357 g/mol. The van der Waals surface area contributed by atoms with Gasteiger partial charge < -0.3 is 16.0 Å². The Hall–Kier alpha value is -1.86. The first-order chi connectivity index (χ1) is 11.1. The zero-order valence-electron chi connectivity index (χ0n) is 13.3. The summed E-state index contributed by atoms with van der Waals surface area (Å²) < 4.78 is 13.9. The van der Waals surface area contributed by atoms with Gasteiger partial charge in [0.05, 0.1) is 5.56 Å². The fraction of sp³-hybridized carbons (Fsp3) is 0.500. The van der Waals surface area contributed by atoms with Gasteiger partial charge in [0, 0.05) is 25.3 Å². The Kier molecular flexibility index (Phi) is 6.39. The van der Waals surface area contributed by atoms with E-state index >= 15 is 0 Å². The van der Waals surface area contributed by atoms with Crippen LogP contribution in [0.4, 0.5) is 14.9 Å². The summed E-state index contributed by atoms with van der Waals surface area (Å²) in [6.07, 6.45) is 2.00. The molecule has 132 valence electrons. The second kappa shape index (κ2) is 8.30. The number of amides is 3. The van der Waals surface area contributed by atoms with Crippen LogP contribution in [0.1, 0.15) is 23.2 Å². The van der Waals surface area contributed by atoms with Crippen molar-refractivity contribution in [3.63, 3.8) is 0 Å². The van der Waals surface area contributed by atoms with Gasteiger partial charge >= 0.3 is 6.03 Å². The molecule has 2 fully saturated rings. The van der Waals surface area contributed by atoms with Gasteiger partial charge in [0.15, 0.2) is 0 Å². The number of hydrogen-bond acceptors (Lipinski definition) is 3. The smallest absolute Gasteiger partial charge is 0.321 e. The van der Waals surface area contributed by atoms with Gasteiger partial charge in [-0.1, -0.05) is 0 Å². The second-order valence-electron chi connectivity index (χ2n) is 5.95. The van der Waals surface area contributed by atoms with Crippen LogP contribution in [0.25, 0.3) is 0 Å². The third-order valence-electron chi connectivity index (χ3n) is 4.36. The summed E-state index contributed by atoms with van der Waals surface area (Å²) in [6.45, 7) is 3.59. The van der Waals surface area contributed by atoms with Crippen LogP contribution < -0.4 is 20.9 Å². The molecule has 2 aliphatic rings. The largest absolute Gasteiger partial charge is 0.352 e. The number of carbonyl (C=O) groups excluding carboxylic acids is 2. The van der Waals surface area contributed by atoms with E-state index in [4.69, 9.17) is 0 Å². The van der Waals surface area contributed by atoms with Crippen LogP contribution in [0.2, 0.25) is 0 Å². The van der Waals surface area contributed by atoms with Crippen molar-refractivity contribution in [2.24, 2.45) is 5.92 Å². The molecule has 2 saturated heterocycles. The van der Waals surface area contributed by atoms with E-state index in [2.05, 4.69) is 16.0 Å². The first-order valence-corrected chi connectivity index (χ1v) is 7.99. The first kappa shape index (κ1) is 18.5. The normalized spacial score (nSPS) is 19.8. The molecule has 24 heavy (non-hydrogen) atoms. The first-order valence-electron chi connectivity index (χ1n) is 7.99. The minimum Gasteiger partial charge on any atom is -0.352 e. The number of urea groups is 1. The number of halogens is 2. The molecular weight excluding hydrogens is 335 g/mol. The van der Waals surface area contributed by atoms with E-state index in [1.807, 2.05) is 0 Å². The highest BCUT2D eigenvalue weighted by Gasteiger charge is 2.23. The van der Waals surface area contributed by atoms with Gasteiger partial charge in [-0.15, -0.1) is 12.4 Å². The molecule has 2 heterocycles. The van der Waals surface area contributed by atoms with Crippen molar-refractivity contribution < 1.29 is 14.0 Å². The standard InChI is InChI=1S/C16H21FN4O2.ClH/c17-14-2-1-12(21-8-7-20-16(21)23)9-13(14)15(22)19-6-4-11-3-5-18-10-11;/h1-2,9,11,18H,3-8,10H2,(H,19,22)(H,20,23);1H. The van der Waals surface area contributed by atoms with E-state index in [9.17, 15) is 14.0 Å². The maximum Gasteiger partial charge on any atom is 0.321 e. The van der Waals surface area contributed by atoms with Crippen LogP contribution in [-0.4, -0.2) is 44.7 Å². The van der Waals surface area contributed by atoms with Crippen LogP contribution >= 0.6 is 12.4 Å². The van der Waals surface area contributed by atoms with E-state index in [1.165, 1.54) is 23.1 Å². The van der Waals surface area contributed by atoms with Crippen LogP contribution in [-0.2, 0) is 0 Å². The highest BCUT2D eigenvalue weighted by molar-refractivity contribution is 5.98. The molecule has 1 aromatic carbocycles. The molecule has 3 rings (SSSR count). The molecule has 8 heteroatoms. The number of anilines is 1. The fourth-order valence-corrected chi connectivity index (χ4v) is 3.02. The third kappa shape index (κ3) is 4.15. The molecular formula is C16H22ClFN4O2. The minimum atomic E-state index is -0.576. The molecule has 1 atom stereocenters. The Morgan fingerprint density at radius 2 is 2.21 bits per heavy atom. The van der Waals surface area contributed by atoms with Crippen molar-refractivity contribution in [1.29, 1.82) is 0 Å². The number of nitrogens with one attached hydrogen (secondary N) is 3. The maximum atomic E-state index is 13.9. The summed E-state index contributed by atoms with van der Waals surface area (Å²) in [5.74, 6) is -0.442. The molecule has 0 radical (unpaired) electrons. The van der Waals surface area contributed by atoms with E-state index in [-0.39, 0.29) is 24.0 Å². The molecule has 0 aliphatic carbocycles. The highest BCUT2D eigenvalue weighted by Crippen LogP contribution is 2.20. The van der Waals surface area contributed by atoms with Crippen LogP contribution in [0, 0.1) is 11.7 Å². The Balaban J connectivity index is 0.00000208. The Morgan fingerprint density at radius 1 is 1.38 bits per heavy atom. The van der Waals surface area contributed by atoms with Crippen LogP contribution in [0.5, 0.6) is 0 Å². The molecule has 0 bridgehead atoms. The maximum absolute atomic E-state index is 13.9. The van der Waals surface area contributed by atoms with Crippen molar-refractivity contribution in [3.05, 3.63) is 29.6 Å². The van der Waals surface area contributed by atoms with Gasteiger partial charge in [0.1, 0.15) is 5.82 Å². The second-order valence-corrected chi connectivity index (χ2v) is 5.95. The topological polar surface area (TPSA) is 73.5 Å². The van der Waals surface area contributed by atoms with Gasteiger partial charge in [-0.25, -0.2) is 9.18 Å². The summed E-state index contributed by atoms with van der Waals surface area (Å²) in [5, 5.41) is 8.73. The summed E-state index contributed by atoms with van der Waals surface area (Å²) in [5.41, 5.74) is 0.512. The minimum absolute atomic E-state index is 0. The lowest BCUT2D eigenvalue weighted by Crippen LogP contribution is -2.29. The van der Waals surface area contributed by atoms with E-state index in [0.717, 1.165) is 25.9 Å². The lowest BCUT2D eigenvalue weighted by Gasteiger charge is -2.16. The Bertz CT molecular complexity index is 608. The molecule has 2 aliphatic heterocycles.